The van der Waals surface area contributed by atoms with Crippen LogP contribution in [-0.4, -0.2) is 40.0 Å². The van der Waals surface area contributed by atoms with E-state index in [2.05, 4.69) is 5.32 Å². The summed E-state index contributed by atoms with van der Waals surface area (Å²) in [5.74, 6) is 0.183. The van der Waals surface area contributed by atoms with E-state index in [1.54, 1.807) is 0 Å². The Balaban J connectivity index is 1.68. The van der Waals surface area contributed by atoms with Gasteiger partial charge in [0.2, 0.25) is 5.67 Å². The second-order valence-corrected chi connectivity index (χ2v) is 6.09. The number of hydrogen-bond acceptors (Lipinski definition) is 3. The molecule has 0 atom stereocenters. The Hall–Kier alpha value is -3.40. The molecule has 6 nitrogen and oxygen atoms in total. The van der Waals surface area contributed by atoms with Crippen LogP contribution in [0.5, 0.6) is 0 Å². The van der Waals surface area contributed by atoms with Crippen molar-refractivity contribution >= 4 is 17.5 Å². The molecule has 1 fully saturated rings. The first-order valence-corrected chi connectivity index (χ1v) is 7.91. The molecule has 1 N–H and O–H groups in total. The van der Waals surface area contributed by atoms with Crippen LogP contribution in [-0.2, 0) is 16.1 Å². The van der Waals surface area contributed by atoms with Gasteiger partial charge in [0.25, 0.3) is 5.56 Å². The van der Waals surface area contributed by atoms with Gasteiger partial charge in [0.1, 0.15) is 0 Å². The first-order chi connectivity index (χ1) is 12.4. The van der Waals surface area contributed by atoms with Gasteiger partial charge in [-0.05, 0) is 11.6 Å². The molecule has 7 heteroatoms. The zero-order valence-corrected chi connectivity index (χ0v) is 13.8. The molecular formula is C19H16FN3O3. The third-order valence-corrected chi connectivity index (χ3v) is 4.06. The molecule has 2 aromatic rings. The zero-order chi connectivity index (χ0) is 18.7. The number of anilines is 1. The molecule has 1 aliphatic rings. The maximum atomic E-state index is 13.6. The molecule has 0 spiro atoms. The number of nitrogens with zero attached hydrogens (tertiary/aromatic N) is 2. The lowest BCUT2D eigenvalue weighted by molar-refractivity contribution is -0.150. The van der Waals surface area contributed by atoms with Gasteiger partial charge in [0, 0.05) is 12.3 Å². The van der Waals surface area contributed by atoms with E-state index in [1.807, 2.05) is 36.3 Å². The van der Waals surface area contributed by atoms with E-state index in [1.165, 1.54) is 22.9 Å². The third kappa shape index (κ3) is 3.64. The molecule has 26 heavy (non-hydrogen) atoms. The summed E-state index contributed by atoms with van der Waals surface area (Å²) in [6, 6.07) is 12.1. The molecule has 1 aromatic carbocycles. The van der Waals surface area contributed by atoms with E-state index in [-0.39, 0.29) is 18.6 Å². The number of benzene rings is 1. The lowest BCUT2D eigenvalue weighted by atomic mass is 9.97. The number of nitrogens with one attached hydrogen (secondary N) is 1. The van der Waals surface area contributed by atoms with E-state index in [4.69, 9.17) is 6.42 Å². The van der Waals surface area contributed by atoms with Gasteiger partial charge in [-0.25, -0.2) is 4.39 Å². The molecule has 2 heterocycles. The second-order valence-electron chi connectivity index (χ2n) is 6.09. The highest BCUT2D eigenvalue weighted by atomic mass is 19.1. The predicted molar refractivity (Wildman–Crippen MR) is 94.1 cm³/mol. The molecule has 0 aliphatic carbocycles. The zero-order valence-electron chi connectivity index (χ0n) is 13.8. The number of terminal acetylenes is 1. The highest BCUT2D eigenvalue weighted by molar-refractivity contribution is 6.39. The largest absolute Gasteiger partial charge is 0.326 e. The second kappa shape index (κ2) is 6.84. The lowest BCUT2D eigenvalue weighted by Crippen LogP contribution is -2.62. The summed E-state index contributed by atoms with van der Waals surface area (Å²) in [4.78, 5) is 37.0. The topological polar surface area (TPSA) is 71.4 Å². The Bertz CT molecular complexity index is 940. The van der Waals surface area contributed by atoms with Crippen molar-refractivity contribution in [3.63, 3.8) is 0 Å². The monoisotopic (exact) mass is 353 g/mol. The molecule has 2 amide bonds. The van der Waals surface area contributed by atoms with Crippen molar-refractivity contribution in [1.82, 2.24) is 9.47 Å². The van der Waals surface area contributed by atoms with Gasteiger partial charge < -0.3 is 14.8 Å². The van der Waals surface area contributed by atoms with Crippen LogP contribution in [0.25, 0.3) is 0 Å². The smallest absolute Gasteiger partial charge is 0.313 e. The van der Waals surface area contributed by atoms with E-state index in [9.17, 15) is 18.8 Å². The fourth-order valence-corrected chi connectivity index (χ4v) is 2.63. The molecule has 132 valence electrons. The summed E-state index contributed by atoms with van der Waals surface area (Å²) in [5.41, 5.74) is -0.887. The van der Waals surface area contributed by atoms with Crippen LogP contribution >= 0.6 is 0 Å². The van der Waals surface area contributed by atoms with Crippen LogP contribution in [0.15, 0.2) is 53.5 Å². The minimum Gasteiger partial charge on any atom is -0.326 e. The van der Waals surface area contributed by atoms with Crippen LogP contribution in [0.1, 0.15) is 5.56 Å². The van der Waals surface area contributed by atoms with Crippen LogP contribution < -0.4 is 10.9 Å². The van der Waals surface area contributed by atoms with Gasteiger partial charge in [-0.2, -0.15) is 0 Å². The Kier molecular flexibility index (Phi) is 4.59. The van der Waals surface area contributed by atoms with Crippen molar-refractivity contribution in [1.29, 1.82) is 0 Å². The molecular weight excluding hydrogens is 337 g/mol. The Morgan fingerprint density at radius 3 is 2.54 bits per heavy atom. The van der Waals surface area contributed by atoms with Crippen molar-refractivity contribution in [3.05, 3.63) is 64.6 Å². The van der Waals surface area contributed by atoms with E-state index >= 15 is 0 Å². The van der Waals surface area contributed by atoms with Crippen LogP contribution in [0.3, 0.4) is 0 Å². The average molecular weight is 353 g/mol. The predicted octanol–water partition coefficient (Wildman–Crippen LogP) is 1.02. The minimum absolute atomic E-state index is 0.239. The summed E-state index contributed by atoms with van der Waals surface area (Å²) in [6.45, 7) is -0.275. The number of likely N-dealkylation sites (tertiary alicyclic amines) is 1. The number of amides is 2. The van der Waals surface area contributed by atoms with Gasteiger partial charge in [0.05, 0.1) is 25.3 Å². The Morgan fingerprint density at radius 2 is 1.88 bits per heavy atom. The lowest BCUT2D eigenvalue weighted by Gasteiger charge is -2.40. The van der Waals surface area contributed by atoms with Crippen LogP contribution in [0.4, 0.5) is 10.1 Å². The van der Waals surface area contributed by atoms with E-state index in [0.717, 1.165) is 10.5 Å². The van der Waals surface area contributed by atoms with Crippen molar-refractivity contribution in [3.8, 4) is 12.3 Å². The standard InChI is InChI=1S/C19H16FN3O3/c1-2-19(20)12-23(13-19)18(26)17(25)21-15-8-9-16(24)22(11-15)10-14-6-4-3-5-7-14/h1,3-9,11H,10,12-13H2,(H,21,25). The molecule has 0 unspecified atom stereocenters. The number of hydrogen-bond donors (Lipinski definition) is 1. The highest BCUT2D eigenvalue weighted by Gasteiger charge is 2.46. The number of pyridine rings is 1. The summed E-state index contributed by atoms with van der Waals surface area (Å²) in [7, 11) is 0. The summed E-state index contributed by atoms with van der Waals surface area (Å²) >= 11 is 0. The number of halogens is 1. The number of alkyl halides is 1. The van der Waals surface area contributed by atoms with E-state index in [0.29, 0.717) is 12.2 Å². The molecule has 3 rings (SSSR count). The van der Waals surface area contributed by atoms with Crippen molar-refractivity contribution < 1.29 is 14.0 Å². The highest BCUT2D eigenvalue weighted by Crippen LogP contribution is 2.24. The fourth-order valence-electron chi connectivity index (χ4n) is 2.63. The summed E-state index contributed by atoms with van der Waals surface area (Å²) < 4.78 is 15.1. The summed E-state index contributed by atoms with van der Waals surface area (Å²) in [6.07, 6.45) is 6.48. The third-order valence-electron chi connectivity index (χ3n) is 4.06. The van der Waals surface area contributed by atoms with Crippen LogP contribution in [0, 0.1) is 12.3 Å². The normalized spacial score (nSPS) is 14.8. The number of rotatable bonds is 3. The number of aromatic nitrogens is 1. The van der Waals surface area contributed by atoms with Gasteiger partial charge in [0.15, 0.2) is 0 Å². The van der Waals surface area contributed by atoms with Gasteiger partial charge in [-0.3, -0.25) is 14.4 Å². The van der Waals surface area contributed by atoms with Gasteiger partial charge >= 0.3 is 11.8 Å². The van der Waals surface area contributed by atoms with Crippen molar-refractivity contribution in [2.45, 2.75) is 12.2 Å². The minimum atomic E-state index is -1.86. The van der Waals surface area contributed by atoms with Gasteiger partial charge in [-0.1, -0.05) is 36.3 Å². The van der Waals surface area contributed by atoms with Gasteiger partial charge in [-0.15, -0.1) is 6.42 Å². The van der Waals surface area contributed by atoms with Crippen molar-refractivity contribution in [2.24, 2.45) is 0 Å². The quantitative estimate of drug-likeness (QED) is 0.662. The molecule has 0 bridgehead atoms. The first-order valence-electron chi connectivity index (χ1n) is 7.91. The average Bonchev–Trinajstić information content (AvgIpc) is 2.62. The maximum Gasteiger partial charge on any atom is 0.313 e. The molecule has 1 aliphatic heterocycles. The van der Waals surface area contributed by atoms with Crippen molar-refractivity contribution in [2.75, 3.05) is 18.4 Å². The summed E-state index contributed by atoms with van der Waals surface area (Å²) in [5, 5.41) is 2.43. The first kappa shape index (κ1) is 17.4. The Morgan fingerprint density at radius 1 is 1.19 bits per heavy atom. The fraction of sp³-hybridized carbons (Fsp3) is 0.211. The molecule has 0 radical (unpaired) electrons. The molecule has 0 saturated carbocycles. The molecule has 1 aromatic heterocycles. The maximum absolute atomic E-state index is 13.6. The SMILES string of the molecule is C#CC1(F)CN(C(=O)C(=O)Nc2ccc(=O)n(Cc3ccccc3)c2)C1. The van der Waals surface area contributed by atoms with E-state index < -0.39 is 17.5 Å². The number of carbonyl (C=O) groups excluding carboxylic acids is 2. The number of carbonyl (C=O) groups is 2. The van der Waals surface area contributed by atoms with Crippen LogP contribution in [0.2, 0.25) is 0 Å². The Labute approximate surface area is 149 Å². The molecule has 1 saturated heterocycles.